The number of aryl methyl sites for hydroxylation is 1. The van der Waals surface area contributed by atoms with Gasteiger partial charge in [-0.2, -0.15) is 4.31 Å². The zero-order valence-electron chi connectivity index (χ0n) is 15.8. The van der Waals surface area contributed by atoms with Crippen LogP contribution in [0.4, 0.5) is 0 Å². The molecule has 0 spiro atoms. The summed E-state index contributed by atoms with van der Waals surface area (Å²) in [6, 6.07) is 9.08. The Labute approximate surface area is 164 Å². The second kappa shape index (κ2) is 8.08. The molecule has 27 heavy (non-hydrogen) atoms. The van der Waals surface area contributed by atoms with E-state index in [4.69, 9.17) is 0 Å². The van der Waals surface area contributed by atoms with Gasteiger partial charge in [-0.15, -0.1) is 11.3 Å². The van der Waals surface area contributed by atoms with Gasteiger partial charge in [0.15, 0.2) is 0 Å². The van der Waals surface area contributed by atoms with Crippen LogP contribution in [0.25, 0.3) is 10.6 Å². The van der Waals surface area contributed by atoms with Gasteiger partial charge in [0.1, 0.15) is 11.0 Å². The van der Waals surface area contributed by atoms with Crippen LogP contribution in [0.15, 0.2) is 30.3 Å². The van der Waals surface area contributed by atoms with Gasteiger partial charge in [0, 0.05) is 12.1 Å². The van der Waals surface area contributed by atoms with Crippen molar-refractivity contribution in [3.63, 3.8) is 0 Å². The summed E-state index contributed by atoms with van der Waals surface area (Å²) in [5.74, 6) is -0.235. The first-order valence-electron chi connectivity index (χ1n) is 9.07. The van der Waals surface area contributed by atoms with E-state index in [0.29, 0.717) is 13.0 Å². The molecule has 1 N–H and O–H groups in total. The van der Waals surface area contributed by atoms with Gasteiger partial charge in [-0.05, 0) is 26.7 Å². The minimum absolute atomic E-state index is 0.226. The summed E-state index contributed by atoms with van der Waals surface area (Å²) in [5.41, 5.74) is 1.93. The maximum Gasteiger partial charge on any atom is 0.238 e. The number of carbonyl (C=O) groups excluding carboxylic acids is 1. The van der Waals surface area contributed by atoms with Crippen LogP contribution in [-0.2, 0) is 14.8 Å². The molecule has 1 saturated heterocycles. The normalized spacial score (nSPS) is 19.6. The number of benzene rings is 1. The van der Waals surface area contributed by atoms with Gasteiger partial charge in [-0.25, -0.2) is 13.4 Å². The highest BCUT2D eigenvalue weighted by molar-refractivity contribution is 7.88. The molecule has 1 amide bonds. The van der Waals surface area contributed by atoms with Gasteiger partial charge in [0.2, 0.25) is 15.9 Å². The highest BCUT2D eigenvalue weighted by Gasteiger charge is 2.35. The molecular formula is C19H25N3O3S2. The maximum atomic E-state index is 12.8. The van der Waals surface area contributed by atoms with Crippen molar-refractivity contribution in [1.29, 1.82) is 0 Å². The maximum absolute atomic E-state index is 12.8. The smallest absolute Gasteiger partial charge is 0.238 e. The fourth-order valence-corrected chi connectivity index (χ4v) is 5.65. The molecule has 2 heterocycles. The summed E-state index contributed by atoms with van der Waals surface area (Å²) in [4.78, 5) is 18.4. The third kappa shape index (κ3) is 4.56. The lowest BCUT2D eigenvalue weighted by Crippen LogP contribution is -2.51. The predicted octanol–water partition coefficient (Wildman–Crippen LogP) is 3.11. The summed E-state index contributed by atoms with van der Waals surface area (Å²) in [6.45, 7) is 4.26. The van der Waals surface area contributed by atoms with E-state index in [1.54, 1.807) is 11.3 Å². The number of piperidine rings is 1. The first kappa shape index (κ1) is 20.0. The molecule has 146 valence electrons. The molecule has 2 unspecified atom stereocenters. The van der Waals surface area contributed by atoms with Crippen LogP contribution in [-0.4, -0.2) is 42.5 Å². The topological polar surface area (TPSA) is 79.4 Å². The van der Waals surface area contributed by atoms with Crippen LogP contribution in [0.5, 0.6) is 0 Å². The van der Waals surface area contributed by atoms with E-state index >= 15 is 0 Å². The zero-order chi connectivity index (χ0) is 19.6. The average molecular weight is 408 g/mol. The first-order chi connectivity index (χ1) is 12.8. The lowest BCUT2D eigenvalue weighted by molar-refractivity contribution is -0.126. The van der Waals surface area contributed by atoms with E-state index in [2.05, 4.69) is 10.3 Å². The van der Waals surface area contributed by atoms with Gasteiger partial charge < -0.3 is 5.32 Å². The number of rotatable bonds is 5. The van der Waals surface area contributed by atoms with E-state index in [9.17, 15) is 13.2 Å². The molecule has 8 heteroatoms. The molecule has 1 aromatic carbocycles. The second-order valence-corrected chi connectivity index (χ2v) is 9.92. The van der Waals surface area contributed by atoms with Crippen molar-refractivity contribution < 1.29 is 13.2 Å². The van der Waals surface area contributed by atoms with Crippen LogP contribution in [0, 0.1) is 6.92 Å². The molecule has 1 fully saturated rings. The van der Waals surface area contributed by atoms with E-state index in [0.717, 1.165) is 34.0 Å². The molecular weight excluding hydrogens is 382 g/mol. The zero-order valence-corrected chi connectivity index (χ0v) is 17.4. The molecule has 6 nitrogen and oxygen atoms in total. The van der Waals surface area contributed by atoms with Crippen LogP contribution in [0.2, 0.25) is 0 Å². The quantitative estimate of drug-likeness (QED) is 0.826. The van der Waals surface area contributed by atoms with Gasteiger partial charge in [-0.3, -0.25) is 4.79 Å². The lowest BCUT2D eigenvalue weighted by atomic mass is 10.0. The van der Waals surface area contributed by atoms with Gasteiger partial charge in [0.05, 0.1) is 22.9 Å². The fraction of sp³-hybridized carbons (Fsp3) is 0.474. The molecule has 0 bridgehead atoms. The van der Waals surface area contributed by atoms with Crippen molar-refractivity contribution in [2.45, 2.75) is 45.2 Å². The van der Waals surface area contributed by atoms with E-state index in [-0.39, 0.29) is 11.9 Å². The molecule has 0 radical (unpaired) electrons. The van der Waals surface area contributed by atoms with Crippen molar-refractivity contribution in [1.82, 2.24) is 14.6 Å². The molecule has 1 aliphatic rings. The Morgan fingerprint density at radius 2 is 2.00 bits per heavy atom. The van der Waals surface area contributed by atoms with Gasteiger partial charge >= 0.3 is 0 Å². The Hall–Kier alpha value is -1.77. The summed E-state index contributed by atoms with van der Waals surface area (Å²) in [6.07, 6.45) is 3.38. The Kier molecular flexibility index (Phi) is 5.98. The fourth-order valence-electron chi connectivity index (χ4n) is 3.45. The minimum atomic E-state index is -3.40. The summed E-state index contributed by atoms with van der Waals surface area (Å²) in [5, 5.41) is 3.92. The number of nitrogens with one attached hydrogen (secondary N) is 1. The second-order valence-electron chi connectivity index (χ2n) is 6.95. The molecule has 1 aromatic heterocycles. The number of sulfonamides is 1. The Bertz CT molecular complexity index is 910. The van der Waals surface area contributed by atoms with Crippen molar-refractivity contribution in [2.24, 2.45) is 0 Å². The third-order valence-electron chi connectivity index (χ3n) is 4.79. The Balaban J connectivity index is 1.76. The average Bonchev–Trinajstić information content (AvgIpc) is 3.03. The van der Waals surface area contributed by atoms with E-state index < -0.39 is 16.1 Å². The van der Waals surface area contributed by atoms with Crippen molar-refractivity contribution in [3.05, 3.63) is 40.9 Å². The van der Waals surface area contributed by atoms with Gasteiger partial charge in [0.25, 0.3) is 0 Å². The van der Waals surface area contributed by atoms with Crippen molar-refractivity contribution in [2.75, 3.05) is 12.8 Å². The molecule has 1 aliphatic heterocycles. The largest absolute Gasteiger partial charge is 0.347 e. The number of nitrogens with zero attached hydrogens (tertiary/aromatic N) is 2. The number of amides is 1. The molecule has 0 saturated carbocycles. The highest BCUT2D eigenvalue weighted by atomic mass is 32.2. The predicted molar refractivity (Wildman–Crippen MR) is 108 cm³/mol. The summed E-state index contributed by atoms with van der Waals surface area (Å²) >= 11 is 1.56. The standard InChI is InChI=1S/C19H25N3O3S2/c1-13(17-14(2)21-19(26-17)15-9-5-4-6-10-15)20-18(23)16-11-7-8-12-22(16)27(3,24)25/h4-6,9-10,13,16H,7-8,11-12H2,1-3H3,(H,20,23). The Morgan fingerprint density at radius 3 is 2.67 bits per heavy atom. The summed E-state index contributed by atoms with van der Waals surface area (Å²) < 4.78 is 25.3. The number of hydrogen-bond donors (Lipinski definition) is 1. The van der Waals surface area contributed by atoms with Crippen LogP contribution in [0.1, 0.15) is 42.8 Å². The molecule has 0 aliphatic carbocycles. The molecule has 2 atom stereocenters. The van der Waals surface area contributed by atoms with E-state index in [1.165, 1.54) is 10.6 Å². The lowest BCUT2D eigenvalue weighted by Gasteiger charge is -2.33. The number of hydrogen-bond acceptors (Lipinski definition) is 5. The first-order valence-corrected chi connectivity index (χ1v) is 11.7. The van der Waals surface area contributed by atoms with Crippen molar-refractivity contribution in [3.8, 4) is 10.6 Å². The van der Waals surface area contributed by atoms with Crippen LogP contribution >= 0.6 is 11.3 Å². The number of aromatic nitrogens is 1. The van der Waals surface area contributed by atoms with Crippen LogP contribution < -0.4 is 5.32 Å². The third-order valence-corrected chi connectivity index (χ3v) is 7.47. The minimum Gasteiger partial charge on any atom is -0.347 e. The molecule has 3 rings (SSSR count). The monoisotopic (exact) mass is 407 g/mol. The van der Waals surface area contributed by atoms with Crippen molar-refractivity contribution >= 4 is 27.3 Å². The van der Waals surface area contributed by atoms with Crippen LogP contribution in [0.3, 0.4) is 0 Å². The number of thiazole rings is 1. The highest BCUT2D eigenvalue weighted by Crippen LogP contribution is 2.32. The molecule has 2 aromatic rings. The number of carbonyl (C=O) groups is 1. The summed E-state index contributed by atoms with van der Waals surface area (Å²) in [7, 11) is -3.40. The Morgan fingerprint density at radius 1 is 1.30 bits per heavy atom. The van der Waals surface area contributed by atoms with Gasteiger partial charge in [-0.1, -0.05) is 36.8 Å². The van der Waals surface area contributed by atoms with E-state index in [1.807, 2.05) is 44.2 Å². The SMILES string of the molecule is Cc1nc(-c2ccccc2)sc1C(C)NC(=O)C1CCCCN1S(C)(=O)=O.